The van der Waals surface area contributed by atoms with E-state index < -0.39 is 10.0 Å². The van der Waals surface area contributed by atoms with Gasteiger partial charge in [0.15, 0.2) is 0 Å². The minimum Gasteiger partial charge on any atom is -0.336 e. The monoisotopic (exact) mass is 420 g/mol. The first-order valence-electron chi connectivity index (χ1n) is 9.39. The maximum absolute atomic E-state index is 12.9. The van der Waals surface area contributed by atoms with Gasteiger partial charge in [-0.2, -0.15) is 0 Å². The van der Waals surface area contributed by atoms with E-state index >= 15 is 0 Å². The summed E-state index contributed by atoms with van der Waals surface area (Å²) in [5.41, 5.74) is 2.11. The van der Waals surface area contributed by atoms with Crippen LogP contribution in [-0.4, -0.2) is 31.8 Å². The van der Waals surface area contributed by atoms with Crippen LogP contribution in [0.4, 0.5) is 5.69 Å². The van der Waals surface area contributed by atoms with E-state index in [0.717, 1.165) is 25.8 Å². The van der Waals surface area contributed by atoms with E-state index in [9.17, 15) is 13.2 Å². The largest absolute Gasteiger partial charge is 0.336 e. The molecule has 3 rings (SSSR count). The second kappa shape index (κ2) is 8.13. The van der Waals surface area contributed by atoms with Gasteiger partial charge in [0.2, 0.25) is 0 Å². The Balaban J connectivity index is 1.86. The molecule has 1 aliphatic rings. The van der Waals surface area contributed by atoms with Gasteiger partial charge in [0.25, 0.3) is 15.9 Å². The van der Waals surface area contributed by atoms with E-state index in [1.807, 2.05) is 4.90 Å². The summed E-state index contributed by atoms with van der Waals surface area (Å²) in [6.45, 7) is 6.26. The first kappa shape index (κ1) is 20.7. The number of piperidine rings is 1. The minimum atomic E-state index is -3.79. The molecule has 0 unspecified atom stereocenters. The molecule has 150 valence electrons. The third-order valence-corrected chi connectivity index (χ3v) is 7.10. The number of anilines is 1. The van der Waals surface area contributed by atoms with Crippen LogP contribution in [0.15, 0.2) is 41.3 Å². The summed E-state index contributed by atoms with van der Waals surface area (Å²) in [7, 11) is -3.79. The van der Waals surface area contributed by atoms with Crippen molar-refractivity contribution in [3.63, 3.8) is 0 Å². The van der Waals surface area contributed by atoms with Gasteiger partial charge in [-0.1, -0.05) is 17.7 Å². The Morgan fingerprint density at radius 1 is 1.14 bits per heavy atom. The molecule has 0 radical (unpaired) electrons. The zero-order valence-electron chi connectivity index (χ0n) is 16.3. The number of sulfonamides is 1. The zero-order chi connectivity index (χ0) is 20.5. The van der Waals surface area contributed by atoms with E-state index in [1.165, 1.54) is 0 Å². The molecule has 0 aliphatic carbocycles. The highest BCUT2D eigenvalue weighted by Gasteiger charge is 2.25. The van der Waals surface area contributed by atoms with Crippen LogP contribution in [0, 0.1) is 13.8 Å². The normalized spacial score (nSPS) is 17.4. The fraction of sp³-hybridized carbons (Fsp3) is 0.381. The van der Waals surface area contributed by atoms with Crippen molar-refractivity contribution in [2.45, 2.75) is 51.0 Å². The van der Waals surface area contributed by atoms with E-state index in [2.05, 4.69) is 11.6 Å². The van der Waals surface area contributed by atoms with Crippen LogP contribution in [0.2, 0.25) is 5.02 Å². The van der Waals surface area contributed by atoms with Crippen molar-refractivity contribution in [2.75, 3.05) is 11.3 Å². The van der Waals surface area contributed by atoms with E-state index in [0.29, 0.717) is 27.4 Å². The molecule has 1 heterocycles. The Hall–Kier alpha value is -2.05. The number of amides is 1. The van der Waals surface area contributed by atoms with Crippen LogP contribution < -0.4 is 4.72 Å². The summed E-state index contributed by atoms with van der Waals surface area (Å²) in [6, 6.07) is 10.1. The van der Waals surface area contributed by atoms with Crippen molar-refractivity contribution in [3.05, 3.63) is 58.1 Å². The number of carbonyl (C=O) groups is 1. The van der Waals surface area contributed by atoms with Gasteiger partial charge in [-0.3, -0.25) is 9.52 Å². The Morgan fingerprint density at radius 2 is 1.89 bits per heavy atom. The van der Waals surface area contributed by atoms with Crippen LogP contribution in [0.1, 0.15) is 47.7 Å². The number of likely N-dealkylation sites (tertiary alicyclic amines) is 1. The highest BCUT2D eigenvalue weighted by Crippen LogP contribution is 2.26. The number of nitrogens with zero attached hydrogens (tertiary/aromatic N) is 1. The van der Waals surface area contributed by atoms with Crippen LogP contribution >= 0.6 is 11.6 Å². The fourth-order valence-corrected chi connectivity index (χ4v) is 5.12. The molecule has 28 heavy (non-hydrogen) atoms. The highest BCUT2D eigenvalue weighted by atomic mass is 35.5. The second-order valence-corrected chi connectivity index (χ2v) is 9.45. The molecule has 1 fully saturated rings. The molecule has 2 aromatic carbocycles. The van der Waals surface area contributed by atoms with E-state index in [-0.39, 0.29) is 16.8 Å². The lowest BCUT2D eigenvalue weighted by Gasteiger charge is -2.33. The Kier molecular flexibility index (Phi) is 6.01. The van der Waals surface area contributed by atoms with Gasteiger partial charge in [0.05, 0.1) is 4.90 Å². The molecule has 2 aromatic rings. The van der Waals surface area contributed by atoms with Crippen molar-refractivity contribution in [2.24, 2.45) is 0 Å². The lowest BCUT2D eigenvalue weighted by molar-refractivity contribution is 0.0635. The number of rotatable bonds is 4. The molecular weight excluding hydrogens is 396 g/mol. The fourth-order valence-electron chi connectivity index (χ4n) is 3.54. The zero-order valence-corrected chi connectivity index (χ0v) is 17.9. The van der Waals surface area contributed by atoms with Crippen molar-refractivity contribution in [1.29, 1.82) is 0 Å². The van der Waals surface area contributed by atoms with E-state index in [4.69, 9.17) is 11.6 Å². The predicted molar refractivity (Wildman–Crippen MR) is 113 cm³/mol. The molecule has 1 atom stereocenters. The Morgan fingerprint density at radius 3 is 2.61 bits per heavy atom. The Bertz CT molecular complexity index is 1000. The average molecular weight is 421 g/mol. The van der Waals surface area contributed by atoms with Crippen molar-refractivity contribution < 1.29 is 13.2 Å². The summed E-state index contributed by atoms with van der Waals surface area (Å²) in [5, 5.41) is 0.527. The third-order valence-electron chi connectivity index (χ3n) is 5.17. The number of hydrogen-bond acceptors (Lipinski definition) is 3. The van der Waals surface area contributed by atoms with Crippen LogP contribution in [0.5, 0.6) is 0 Å². The molecule has 1 amide bonds. The SMILES string of the molecule is Cc1cc(S(=O)(=O)Nc2cccc(C(=O)N3CCCC[C@H]3C)c2)c(C)cc1Cl. The predicted octanol–water partition coefficient (Wildman–Crippen LogP) is 4.77. The van der Waals surface area contributed by atoms with Crippen molar-refractivity contribution >= 4 is 33.2 Å². The van der Waals surface area contributed by atoms with Crippen molar-refractivity contribution in [1.82, 2.24) is 4.90 Å². The first-order chi connectivity index (χ1) is 13.2. The van der Waals surface area contributed by atoms with Crippen LogP contribution in [-0.2, 0) is 10.0 Å². The molecule has 0 bridgehead atoms. The van der Waals surface area contributed by atoms with Gasteiger partial charge in [-0.15, -0.1) is 0 Å². The maximum atomic E-state index is 12.9. The standard InChI is InChI=1S/C21H25ClN2O3S/c1-14-12-20(15(2)11-19(14)22)28(26,27)23-18-9-6-8-17(13-18)21(25)24-10-5-4-7-16(24)3/h6,8-9,11-13,16,23H,4-5,7,10H2,1-3H3/t16-/m1/s1. The van der Waals surface area contributed by atoms with Crippen LogP contribution in [0.25, 0.3) is 0 Å². The minimum absolute atomic E-state index is 0.0632. The molecule has 1 N–H and O–H groups in total. The maximum Gasteiger partial charge on any atom is 0.262 e. The number of halogens is 1. The lowest BCUT2D eigenvalue weighted by Crippen LogP contribution is -2.42. The van der Waals surface area contributed by atoms with Gasteiger partial charge in [-0.25, -0.2) is 8.42 Å². The van der Waals surface area contributed by atoms with Crippen molar-refractivity contribution in [3.8, 4) is 0 Å². The molecule has 0 aromatic heterocycles. The Labute approximate surface area is 171 Å². The van der Waals surface area contributed by atoms with Crippen LogP contribution in [0.3, 0.4) is 0 Å². The molecule has 1 saturated heterocycles. The molecule has 0 saturated carbocycles. The number of benzene rings is 2. The first-order valence-corrected chi connectivity index (χ1v) is 11.3. The number of aryl methyl sites for hydroxylation is 2. The quantitative estimate of drug-likeness (QED) is 0.774. The lowest BCUT2D eigenvalue weighted by atomic mass is 10.0. The van der Waals surface area contributed by atoms with Gasteiger partial charge in [0.1, 0.15) is 0 Å². The molecule has 0 spiro atoms. The molecule has 1 aliphatic heterocycles. The van der Waals surface area contributed by atoms with Gasteiger partial charge in [-0.05, 0) is 81.5 Å². The smallest absolute Gasteiger partial charge is 0.262 e. The number of nitrogens with one attached hydrogen (secondary N) is 1. The molecule has 5 nitrogen and oxygen atoms in total. The summed E-state index contributed by atoms with van der Waals surface area (Å²) in [6.07, 6.45) is 3.12. The van der Waals surface area contributed by atoms with E-state index in [1.54, 1.807) is 50.2 Å². The second-order valence-electron chi connectivity index (χ2n) is 7.40. The summed E-state index contributed by atoms with van der Waals surface area (Å²) in [4.78, 5) is 14.9. The van der Waals surface area contributed by atoms with Gasteiger partial charge in [0, 0.05) is 28.9 Å². The molecular formula is C21H25ClN2O3S. The third kappa shape index (κ3) is 4.33. The van der Waals surface area contributed by atoms with Gasteiger partial charge >= 0.3 is 0 Å². The summed E-state index contributed by atoms with van der Waals surface area (Å²) < 4.78 is 28.3. The average Bonchev–Trinajstić information content (AvgIpc) is 2.64. The summed E-state index contributed by atoms with van der Waals surface area (Å²) >= 11 is 6.08. The molecule has 7 heteroatoms. The number of carbonyl (C=O) groups excluding carboxylic acids is 1. The van der Waals surface area contributed by atoms with Gasteiger partial charge < -0.3 is 4.90 Å². The highest BCUT2D eigenvalue weighted by molar-refractivity contribution is 7.92. The summed E-state index contributed by atoms with van der Waals surface area (Å²) in [5.74, 6) is -0.0632. The number of hydrogen-bond donors (Lipinski definition) is 1. The topological polar surface area (TPSA) is 66.5 Å².